The molecule has 7 atom stereocenters. The second kappa shape index (κ2) is 11.7. The Morgan fingerprint density at radius 1 is 1.35 bits per heavy atom. The van der Waals surface area contributed by atoms with E-state index in [4.69, 9.17) is 4.74 Å². The number of alkyl halides is 1. The summed E-state index contributed by atoms with van der Waals surface area (Å²) in [6.07, 6.45) is 4.83. The van der Waals surface area contributed by atoms with Crippen LogP contribution in [0.5, 0.6) is 0 Å². The highest BCUT2D eigenvalue weighted by Crippen LogP contribution is 2.68. The monoisotopic (exact) mass is 631 g/mol. The van der Waals surface area contributed by atoms with Gasteiger partial charge in [0.05, 0.1) is 41.4 Å². The van der Waals surface area contributed by atoms with Crippen LogP contribution in [0, 0.1) is 11.8 Å². The number of aliphatic hydroxyl groups is 1. The Hall–Kier alpha value is -2.70. The van der Waals surface area contributed by atoms with E-state index in [1.807, 2.05) is 31.2 Å². The molecule has 2 aromatic rings. The molecule has 214 valence electrons. The summed E-state index contributed by atoms with van der Waals surface area (Å²) >= 11 is 5.30. The number of aromatic nitrogens is 3. The zero-order valence-electron chi connectivity index (χ0n) is 22.4. The lowest BCUT2D eigenvalue weighted by Crippen LogP contribution is -2.58. The molecule has 10 nitrogen and oxygen atoms in total. The zero-order chi connectivity index (χ0) is 28.6. The first-order valence-electron chi connectivity index (χ1n) is 13.5. The van der Waals surface area contributed by atoms with E-state index in [1.54, 1.807) is 38.4 Å². The summed E-state index contributed by atoms with van der Waals surface area (Å²) < 4.78 is 6.38. The Morgan fingerprint density at radius 2 is 2.12 bits per heavy atom. The second-order valence-corrected chi connectivity index (χ2v) is 13.2. The summed E-state index contributed by atoms with van der Waals surface area (Å²) in [5, 5.41) is 18.6. The van der Waals surface area contributed by atoms with Crippen molar-refractivity contribution in [1.29, 1.82) is 0 Å². The molecule has 1 aromatic heterocycles. The van der Waals surface area contributed by atoms with E-state index in [9.17, 15) is 19.5 Å². The first kappa shape index (κ1) is 28.8. The summed E-state index contributed by atoms with van der Waals surface area (Å²) in [5.41, 5.74) is 1.49. The average molecular weight is 633 g/mol. The molecule has 3 fully saturated rings. The molecule has 12 heteroatoms. The van der Waals surface area contributed by atoms with Crippen molar-refractivity contribution in [2.45, 2.75) is 59.8 Å². The summed E-state index contributed by atoms with van der Waals surface area (Å²) in [6, 6.07) is 6.05. The van der Waals surface area contributed by atoms with Gasteiger partial charge < -0.3 is 19.6 Å². The van der Waals surface area contributed by atoms with E-state index < -0.39 is 34.6 Å². The van der Waals surface area contributed by atoms with Crippen molar-refractivity contribution >= 4 is 56.5 Å². The van der Waals surface area contributed by atoms with E-state index >= 15 is 0 Å². The fraction of sp³-hybridized carbons (Fsp3) is 0.536. The molecule has 3 aliphatic rings. The molecule has 2 amide bonds. The van der Waals surface area contributed by atoms with Crippen LogP contribution in [0.3, 0.4) is 0 Å². The first-order valence-corrected chi connectivity index (χ1v) is 15.3. The number of fused-ring (bicyclic) bond motifs is 2. The molecule has 5 rings (SSSR count). The number of esters is 1. The van der Waals surface area contributed by atoms with Gasteiger partial charge in [-0.05, 0) is 31.4 Å². The van der Waals surface area contributed by atoms with Crippen molar-refractivity contribution in [3.05, 3.63) is 49.6 Å². The first-order chi connectivity index (χ1) is 19.3. The van der Waals surface area contributed by atoms with Crippen LogP contribution in [0.1, 0.15) is 26.2 Å². The predicted molar refractivity (Wildman–Crippen MR) is 155 cm³/mol. The third-order valence-corrected chi connectivity index (χ3v) is 11.5. The van der Waals surface area contributed by atoms with Crippen LogP contribution < -0.4 is 0 Å². The van der Waals surface area contributed by atoms with E-state index in [0.29, 0.717) is 24.8 Å². The van der Waals surface area contributed by atoms with E-state index in [-0.39, 0.29) is 48.3 Å². The van der Waals surface area contributed by atoms with Crippen molar-refractivity contribution in [2.75, 3.05) is 19.8 Å². The number of hydrogen-bond donors (Lipinski definition) is 1. The van der Waals surface area contributed by atoms with E-state index in [1.165, 1.54) is 0 Å². The third kappa shape index (κ3) is 4.57. The lowest BCUT2D eigenvalue weighted by molar-refractivity contribution is -0.154. The van der Waals surface area contributed by atoms with Crippen molar-refractivity contribution in [2.24, 2.45) is 11.8 Å². The summed E-state index contributed by atoms with van der Waals surface area (Å²) in [7, 11) is 0. The van der Waals surface area contributed by atoms with Crippen LogP contribution in [-0.4, -0.2) is 94.4 Å². The minimum Gasteiger partial charge on any atom is -0.465 e. The van der Waals surface area contributed by atoms with Crippen molar-refractivity contribution in [1.82, 2.24) is 24.8 Å². The number of hydrogen-bond acceptors (Lipinski definition) is 8. The Bertz CT molecular complexity index is 1320. The molecule has 0 aliphatic carbocycles. The summed E-state index contributed by atoms with van der Waals surface area (Å²) in [6.45, 7) is 9.65. The molecule has 3 aliphatic heterocycles. The minimum absolute atomic E-state index is 0.0740. The maximum atomic E-state index is 14.6. The maximum Gasteiger partial charge on any atom is 0.310 e. The SMILES string of the molecule is C=CCCOC(=O)[C@H]1[C@@H]2SC3(CC2Br)C(C(=O)N(CC=C)Cn2nnc4ccccc42)N([C@@H](CC)CO)C(=O)[C@H]13. The summed E-state index contributed by atoms with van der Waals surface area (Å²) in [5.74, 6) is -2.38. The number of carbonyl (C=O) groups is 3. The van der Waals surface area contributed by atoms with Crippen LogP contribution in [0.25, 0.3) is 11.0 Å². The van der Waals surface area contributed by atoms with Gasteiger partial charge in [0, 0.05) is 16.6 Å². The summed E-state index contributed by atoms with van der Waals surface area (Å²) in [4.78, 5) is 45.3. The Labute approximate surface area is 245 Å². The number of ether oxygens (including phenoxy) is 1. The molecule has 3 saturated heterocycles. The van der Waals surface area contributed by atoms with Gasteiger partial charge in [-0.2, -0.15) is 0 Å². The average Bonchev–Trinajstić information content (AvgIpc) is 3.67. The number of para-hydroxylation sites is 1. The lowest BCUT2D eigenvalue weighted by atomic mass is 9.71. The fourth-order valence-corrected chi connectivity index (χ4v) is 10.1. The lowest BCUT2D eigenvalue weighted by Gasteiger charge is -2.39. The van der Waals surface area contributed by atoms with Crippen LogP contribution >= 0.6 is 27.7 Å². The molecule has 0 saturated carbocycles. The fourth-order valence-electron chi connectivity index (χ4n) is 6.49. The van der Waals surface area contributed by atoms with Gasteiger partial charge >= 0.3 is 5.97 Å². The number of carbonyl (C=O) groups excluding carboxylic acids is 3. The van der Waals surface area contributed by atoms with Gasteiger partial charge in [-0.1, -0.05) is 52.4 Å². The van der Waals surface area contributed by atoms with Gasteiger partial charge in [0.25, 0.3) is 0 Å². The standard InChI is InChI=1S/C28H34BrN5O5S/c1-4-7-13-39-27(38)21-22-25(36)34(17(6-3)15-35)24(28(22)14-18(29)23(21)40-28)26(37)32(12-5-2)16-33-20-11-9-8-10-19(20)30-31-33/h4-5,8-11,17-18,21-24,35H,1-2,6-7,12-16H2,3H3/t17-,18?,21+,22-,23+,24?,28?/m0/s1. The number of benzene rings is 1. The predicted octanol–water partition coefficient (Wildman–Crippen LogP) is 2.76. The molecule has 3 unspecified atom stereocenters. The normalized spacial score (nSPS) is 29.4. The largest absolute Gasteiger partial charge is 0.465 e. The topological polar surface area (TPSA) is 118 Å². The molecule has 2 bridgehead atoms. The van der Waals surface area contributed by atoms with Crippen LogP contribution in [0.4, 0.5) is 0 Å². The molecular formula is C28H34BrN5O5S. The highest BCUT2D eigenvalue weighted by molar-refractivity contribution is 9.09. The minimum atomic E-state index is -0.877. The number of amides is 2. The van der Waals surface area contributed by atoms with Gasteiger partial charge in [-0.15, -0.1) is 30.0 Å². The highest BCUT2D eigenvalue weighted by atomic mass is 79.9. The molecule has 4 heterocycles. The van der Waals surface area contributed by atoms with Crippen LogP contribution in [0.15, 0.2) is 49.6 Å². The number of halogens is 1. The van der Waals surface area contributed by atoms with Crippen molar-refractivity contribution in [3.8, 4) is 0 Å². The van der Waals surface area contributed by atoms with Gasteiger partial charge in [-0.3, -0.25) is 14.4 Å². The molecule has 40 heavy (non-hydrogen) atoms. The van der Waals surface area contributed by atoms with Gasteiger partial charge in [-0.25, -0.2) is 4.68 Å². The van der Waals surface area contributed by atoms with Crippen LogP contribution in [-0.2, 0) is 25.8 Å². The smallest absolute Gasteiger partial charge is 0.310 e. The Balaban J connectivity index is 1.54. The third-order valence-electron chi connectivity index (χ3n) is 8.26. The number of aliphatic hydroxyl groups excluding tert-OH is 1. The number of thioether (sulfide) groups is 1. The van der Waals surface area contributed by atoms with Crippen molar-refractivity contribution < 1.29 is 24.2 Å². The molecule has 1 spiro atoms. The number of rotatable bonds is 12. The second-order valence-electron chi connectivity index (χ2n) is 10.5. The molecular weight excluding hydrogens is 598 g/mol. The number of likely N-dealkylation sites (tertiary alicyclic amines) is 1. The number of nitrogens with zero attached hydrogens (tertiary/aromatic N) is 5. The molecule has 1 N–H and O–H groups in total. The molecule has 1 aromatic carbocycles. The van der Waals surface area contributed by atoms with Gasteiger partial charge in [0.1, 0.15) is 18.2 Å². The quantitative estimate of drug-likeness (QED) is 0.164. The van der Waals surface area contributed by atoms with E-state index in [2.05, 4.69) is 39.4 Å². The Kier molecular flexibility index (Phi) is 8.40. The van der Waals surface area contributed by atoms with Crippen LogP contribution in [0.2, 0.25) is 0 Å². The van der Waals surface area contributed by atoms with Gasteiger partial charge in [0.2, 0.25) is 11.8 Å². The van der Waals surface area contributed by atoms with Crippen molar-refractivity contribution in [3.63, 3.8) is 0 Å². The highest BCUT2D eigenvalue weighted by Gasteiger charge is 2.76. The van der Waals surface area contributed by atoms with Gasteiger partial charge in [0.15, 0.2) is 0 Å². The van der Waals surface area contributed by atoms with E-state index in [0.717, 1.165) is 5.52 Å². The zero-order valence-corrected chi connectivity index (χ0v) is 24.8. The maximum absolute atomic E-state index is 14.6. The Morgan fingerprint density at radius 3 is 2.83 bits per heavy atom. The molecule has 0 radical (unpaired) electrons.